The number of amides is 1. The van der Waals surface area contributed by atoms with Gasteiger partial charge < -0.3 is 5.32 Å². The van der Waals surface area contributed by atoms with E-state index in [-0.39, 0.29) is 17.2 Å². The molecule has 3 heterocycles. The minimum Gasteiger partial charge on any atom is -0.310 e. The number of nitrogens with zero attached hydrogens (tertiary/aromatic N) is 3. The summed E-state index contributed by atoms with van der Waals surface area (Å²) in [5.41, 5.74) is 0.549. The number of halogens is 1. The number of carbonyl (C=O) groups is 1. The van der Waals surface area contributed by atoms with E-state index in [1.165, 1.54) is 33.9 Å². The third kappa shape index (κ3) is 3.54. The molecule has 0 atom stereocenters. The van der Waals surface area contributed by atoms with E-state index >= 15 is 0 Å². The molecule has 0 aliphatic carbocycles. The summed E-state index contributed by atoms with van der Waals surface area (Å²) >= 11 is 8.30. The van der Waals surface area contributed by atoms with E-state index in [1.54, 1.807) is 25.2 Å². The number of rotatable bonds is 4. The summed E-state index contributed by atoms with van der Waals surface area (Å²) in [6, 6.07) is 5.06. The van der Waals surface area contributed by atoms with Crippen molar-refractivity contribution in [2.45, 2.75) is 5.16 Å². The topological polar surface area (TPSA) is 76.9 Å². The quantitative estimate of drug-likeness (QED) is 0.567. The Bertz CT molecular complexity index is 921. The number of anilines is 1. The van der Waals surface area contributed by atoms with Crippen molar-refractivity contribution in [1.82, 2.24) is 14.5 Å². The lowest BCUT2D eigenvalue weighted by atomic mass is 10.4. The molecule has 0 unspecified atom stereocenters. The highest BCUT2D eigenvalue weighted by atomic mass is 35.5. The monoisotopic (exact) mass is 366 g/mol. The zero-order chi connectivity index (χ0) is 16.4. The average Bonchev–Trinajstić information content (AvgIpc) is 3.00. The Morgan fingerprint density at radius 3 is 3.00 bits per heavy atom. The van der Waals surface area contributed by atoms with E-state index in [9.17, 15) is 9.59 Å². The molecule has 0 saturated carbocycles. The highest BCUT2D eigenvalue weighted by Gasteiger charge is 2.12. The second kappa shape index (κ2) is 6.69. The van der Waals surface area contributed by atoms with Crippen molar-refractivity contribution in [3.63, 3.8) is 0 Å². The van der Waals surface area contributed by atoms with Crippen LogP contribution in [-0.4, -0.2) is 26.2 Å². The van der Waals surface area contributed by atoms with Gasteiger partial charge in [-0.3, -0.25) is 14.2 Å². The zero-order valence-corrected chi connectivity index (χ0v) is 14.3. The lowest BCUT2D eigenvalue weighted by Crippen LogP contribution is -2.20. The summed E-state index contributed by atoms with van der Waals surface area (Å²) < 4.78 is 2.07. The Balaban J connectivity index is 1.70. The van der Waals surface area contributed by atoms with Gasteiger partial charge in [0.15, 0.2) is 5.16 Å². The first-order valence-corrected chi connectivity index (χ1v) is 8.77. The fourth-order valence-corrected chi connectivity index (χ4v) is 3.54. The smallest absolute Gasteiger partial charge is 0.271 e. The molecule has 9 heteroatoms. The Hall–Kier alpha value is -1.90. The molecule has 0 aliphatic heterocycles. The number of nitrogens with one attached hydrogen (secondary N) is 1. The SMILES string of the molecule is Cn1c(SCC(=O)Nc2ccc(Cl)cn2)nc2ccsc2c1=O. The van der Waals surface area contributed by atoms with Crippen molar-refractivity contribution >= 4 is 56.6 Å². The molecule has 0 radical (unpaired) electrons. The molecule has 0 aliphatic rings. The van der Waals surface area contributed by atoms with Gasteiger partial charge in [0.2, 0.25) is 5.91 Å². The van der Waals surface area contributed by atoms with Crippen LogP contribution in [0.25, 0.3) is 10.2 Å². The van der Waals surface area contributed by atoms with E-state index in [2.05, 4.69) is 15.3 Å². The number of carbonyl (C=O) groups excluding carboxylic acids is 1. The molecule has 3 aromatic rings. The molecule has 0 fully saturated rings. The van der Waals surface area contributed by atoms with E-state index in [4.69, 9.17) is 11.6 Å². The molecule has 0 bridgehead atoms. The number of thiophene rings is 1. The van der Waals surface area contributed by atoms with E-state index < -0.39 is 0 Å². The first-order chi connectivity index (χ1) is 11.0. The number of pyridine rings is 1. The summed E-state index contributed by atoms with van der Waals surface area (Å²) in [4.78, 5) is 32.5. The fourth-order valence-electron chi connectivity index (χ4n) is 1.86. The van der Waals surface area contributed by atoms with E-state index in [1.807, 2.05) is 5.38 Å². The van der Waals surface area contributed by atoms with Crippen molar-refractivity contribution in [2.24, 2.45) is 7.05 Å². The van der Waals surface area contributed by atoms with Crippen LogP contribution in [0.2, 0.25) is 5.02 Å². The molecule has 1 amide bonds. The average molecular weight is 367 g/mol. The fraction of sp³-hybridized carbons (Fsp3) is 0.143. The molecule has 118 valence electrons. The summed E-state index contributed by atoms with van der Waals surface area (Å²) in [5, 5.41) is 5.49. The lowest BCUT2D eigenvalue weighted by molar-refractivity contribution is -0.113. The Labute approximate surface area is 144 Å². The third-order valence-electron chi connectivity index (χ3n) is 2.97. The van der Waals surface area contributed by atoms with Gasteiger partial charge in [-0.2, -0.15) is 0 Å². The van der Waals surface area contributed by atoms with Crippen LogP contribution < -0.4 is 10.9 Å². The van der Waals surface area contributed by atoms with Crippen LogP contribution >= 0.6 is 34.7 Å². The van der Waals surface area contributed by atoms with Crippen LogP contribution in [0.15, 0.2) is 39.7 Å². The number of thioether (sulfide) groups is 1. The maximum atomic E-state index is 12.2. The van der Waals surface area contributed by atoms with Crippen LogP contribution in [0, 0.1) is 0 Å². The van der Waals surface area contributed by atoms with Gasteiger partial charge in [-0.25, -0.2) is 9.97 Å². The standard InChI is InChI=1S/C14H11ClN4O2S2/c1-19-13(21)12-9(4-5-22-12)17-14(19)23-7-11(20)18-10-3-2-8(15)6-16-10/h2-6H,7H2,1H3,(H,16,18,20). The van der Waals surface area contributed by atoms with Crippen molar-refractivity contribution in [3.05, 3.63) is 45.2 Å². The molecule has 3 aromatic heterocycles. The van der Waals surface area contributed by atoms with Crippen LogP contribution in [0.3, 0.4) is 0 Å². The number of fused-ring (bicyclic) bond motifs is 1. The molecule has 0 spiro atoms. The highest BCUT2D eigenvalue weighted by Crippen LogP contribution is 2.20. The molecule has 0 saturated heterocycles. The normalized spacial score (nSPS) is 10.9. The number of hydrogen-bond acceptors (Lipinski definition) is 6. The third-order valence-corrected chi connectivity index (χ3v) is 5.12. The van der Waals surface area contributed by atoms with Gasteiger partial charge in [-0.15, -0.1) is 11.3 Å². The second-order valence-electron chi connectivity index (χ2n) is 4.59. The second-order valence-corrected chi connectivity index (χ2v) is 6.89. The van der Waals surface area contributed by atoms with Gasteiger partial charge in [0, 0.05) is 13.2 Å². The predicted molar refractivity (Wildman–Crippen MR) is 93.5 cm³/mol. The van der Waals surface area contributed by atoms with Gasteiger partial charge in [-0.05, 0) is 23.6 Å². The maximum absolute atomic E-state index is 12.2. The summed E-state index contributed by atoms with van der Waals surface area (Å²) in [7, 11) is 1.65. The van der Waals surface area contributed by atoms with Crippen LogP contribution in [-0.2, 0) is 11.8 Å². The molecule has 0 aromatic carbocycles. The maximum Gasteiger partial charge on any atom is 0.271 e. The molecule has 3 rings (SSSR count). The first kappa shape index (κ1) is 16.0. The molecule has 1 N–H and O–H groups in total. The summed E-state index contributed by atoms with van der Waals surface area (Å²) in [6.45, 7) is 0. The van der Waals surface area contributed by atoms with Gasteiger partial charge in [0.05, 0.1) is 16.3 Å². The van der Waals surface area contributed by atoms with Crippen molar-refractivity contribution in [2.75, 3.05) is 11.1 Å². The van der Waals surface area contributed by atoms with Gasteiger partial charge >= 0.3 is 0 Å². The van der Waals surface area contributed by atoms with Crippen molar-refractivity contribution in [3.8, 4) is 0 Å². The van der Waals surface area contributed by atoms with Crippen LogP contribution in [0.5, 0.6) is 0 Å². The van der Waals surface area contributed by atoms with Crippen LogP contribution in [0.4, 0.5) is 5.82 Å². The van der Waals surface area contributed by atoms with Crippen LogP contribution in [0.1, 0.15) is 0 Å². The van der Waals surface area contributed by atoms with E-state index in [0.717, 1.165) is 0 Å². The number of aromatic nitrogens is 3. The Kier molecular flexibility index (Phi) is 4.65. The van der Waals surface area contributed by atoms with Crippen molar-refractivity contribution in [1.29, 1.82) is 0 Å². The van der Waals surface area contributed by atoms with Gasteiger partial charge in [0.1, 0.15) is 10.5 Å². The largest absolute Gasteiger partial charge is 0.310 e. The van der Waals surface area contributed by atoms with Gasteiger partial charge in [0.25, 0.3) is 5.56 Å². The molecular weight excluding hydrogens is 356 g/mol. The van der Waals surface area contributed by atoms with E-state index in [0.29, 0.717) is 26.2 Å². The minimum atomic E-state index is -0.232. The molecule has 23 heavy (non-hydrogen) atoms. The lowest BCUT2D eigenvalue weighted by Gasteiger charge is -2.07. The first-order valence-electron chi connectivity index (χ1n) is 6.53. The molecule has 6 nitrogen and oxygen atoms in total. The molecular formula is C14H11ClN4O2S2. The number of hydrogen-bond donors (Lipinski definition) is 1. The minimum absolute atomic E-state index is 0.104. The van der Waals surface area contributed by atoms with Crippen molar-refractivity contribution < 1.29 is 4.79 Å². The predicted octanol–water partition coefficient (Wildman–Crippen LogP) is 2.77. The summed E-state index contributed by atoms with van der Waals surface area (Å²) in [6.07, 6.45) is 1.46. The summed E-state index contributed by atoms with van der Waals surface area (Å²) in [5.74, 6) is 0.319. The Morgan fingerprint density at radius 1 is 1.43 bits per heavy atom. The highest BCUT2D eigenvalue weighted by molar-refractivity contribution is 7.99. The zero-order valence-electron chi connectivity index (χ0n) is 11.9. The Morgan fingerprint density at radius 2 is 2.26 bits per heavy atom. The van der Waals surface area contributed by atoms with Gasteiger partial charge in [-0.1, -0.05) is 23.4 Å².